The molecule has 3 aromatic rings. The normalized spacial score (nSPS) is 18.0. The van der Waals surface area contributed by atoms with Gasteiger partial charge < -0.3 is 19.4 Å². The first-order chi connectivity index (χ1) is 17.0. The van der Waals surface area contributed by atoms with Crippen LogP contribution in [0.5, 0.6) is 5.75 Å². The average molecular weight is 475 g/mol. The number of rotatable bonds is 7. The van der Waals surface area contributed by atoms with Gasteiger partial charge in [0.25, 0.3) is 17.7 Å². The summed E-state index contributed by atoms with van der Waals surface area (Å²) >= 11 is 0. The average Bonchev–Trinajstić information content (AvgIpc) is 3.60. The minimum Gasteiger partial charge on any atom is -0.497 e. The Morgan fingerprint density at radius 2 is 2.03 bits per heavy atom. The third kappa shape index (κ3) is 4.30. The number of ether oxygens (including phenoxy) is 2. The lowest BCUT2D eigenvalue weighted by Crippen LogP contribution is -2.36. The van der Waals surface area contributed by atoms with Crippen molar-refractivity contribution in [3.63, 3.8) is 0 Å². The molecule has 2 aromatic carbocycles. The first-order valence-electron chi connectivity index (χ1n) is 11.5. The number of carbonyl (C=O) groups excluding carboxylic acids is 3. The molecule has 180 valence electrons. The van der Waals surface area contributed by atoms with E-state index in [1.54, 1.807) is 31.6 Å². The fourth-order valence-electron chi connectivity index (χ4n) is 4.58. The second-order valence-corrected chi connectivity index (χ2v) is 8.70. The van der Waals surface area contributed by atoms with Crippen LogP contribution < -0.4 is 10.1 Å². The molecular formula is C26H26N4O5. The van der Waals surface area contributed by atoms with Gasteiger partial charge in [-0.05, 0) is 48.7 Å². The summed E-state index contributed by atoms with van der Waals surface area (Å²) in [5.41, 5.74) is 1.61. The van der Waals surface area contributed by atoms with Crippen molar-refractivity contribution in [1.82, 2.24) is 19.8 Å². The summed E-state index contributed by atoms with van der Waals surface area (Å²) in [7, 11) is 3.43. The van der Waals surface area contributed by atoms with E-state index in [-0.39, 0.29) is 35.6 Å². The van der Waals surface area contributed by atoms with Crippen LogP contribution in [-0.4, -0.2) is 58.5 Å². The predicted molar refractivity (Wildman–Crippen MR) is 126 cm³/mol. The number of hydrogen-bond acceptors (Lipinski definition) is 6. The molecule has 1 aromatic heterocycles. The number of methoxy groups -OCH3 is 1. The van der Waals surface area contributed by atoms with Gasteiger partial charge >= 0.3 is 0 Å². The zero-order valence-corrected chi connectivity index (χ0v) is 19.6. The summed E-state index contributed by atoms with van der Waals surface area (Å²) < 4.78 is 12.8. The van der Waals surface area contributed by atoms with Crippen LogP contribution in [0.4, 0.5) is 0 Å². The van der Waals surface area contributed by atoms with E-state index in [0.717, 1.165) is 18.4 Å². The summed E-state index contributed by atoms with van der Waals surface area (Å²) in [6, 6.07) is 11.4. The number of carbonyl (C=O) groups is 3. The number of nitrogens with zero attached hydrogens (tertiary/aromatic N) is 3. The maximum absolute atomic E-state index is 13.3. The molecule has 0 aliphatic carbocycles. The Morgan fingerprint density at radius 3 is 2.74 bits per heavy atom. The fourth-order valence-corrected chi connectivity index (χ4v) is 4.58. The molecule has 2 unspecified atom stereocenters. The standard InChI is InChI=1S/C26H26N4O5/c1-29-11-10-27-23(29)22(16-5-3-6-18(13-16)34-2)28-24(31)17-8-9-20-21(14-17)26(33)30(25(20)32)15-19-7-4-12-35-19/h3,5-6,8-11,13-14,19,22H,4,7,12,15H2,1-2H3,(H,28,31). The van der Waals surface area contributed by atoms with Gasteiger partial charge in [0, 0.05) is 31.6 Å². The Bertz CT molecular complexity index is 1290. The Balaban J connectivity index is 1.41. The van der Waals surface area contributed by atoms with Crippen molar-refractivity contribution >= 4 is 17.7 Å². The highest BCUT2D eigenvalue weighted by molar-refractivity contribution is 6.22. The van der Waals surface area contributed by atoms with Crippen LogP contribution in [0.25, 0.3) is 0 Å². The molecule has 35 heavy (non-hydrogen) atoms. The molecule has 5 rings (SSSR count). The van der Waals surface area contributed by atoms with Crippen molar-refractivity contribution in [2.75, 3.05) is 20.3 Å². The van der Waals surface area contributed by atoms with Crippen molar-refractivity contribution in [2.24, 2.45) is 7.05 Å². The zero-order valence-electron chi connectivity index (χ0n) is 19.6. The lowest BCUT2D eigenvalue weighted by molar-refractivity contribution is 0.0475. The predicted octanol–water partition coefficient (Wildman–Crippen LogP) is 2.72. The molecule has 1 fully saturated rings. The summed E-state index contributed by atoms with van der Waals surface area (Å²) in [6.45, 7) is 0.869. The fraction of sp³-hybridized carbons (Fsp3) is 0.308. The monoisotopic (exact) mass is 474 g/mol. The van der Waals surface area contributed by atoms with E-state index in [4.69, 9.17) is 9.47 Å². The van der Waals surface area contributed by atoms with Gasteiger partial charge in [-0.3, -0.25) is 19.3 Å². The van der Waals surface area contributed by atoms with Crippen LogP contribution in [0.2, 0.25) is 0 Å². The maximum atomic E-state index is 13.3. The van der Waals surface area contributed by atoms with Crippen LogP contribution in [0.15, 0.2) is 54.9 Å². The van der Waals surface area contributed by atoms with Gasteiger partial charge in [-0.25, -0.2) is 4.98 Å². The van der Waals surface area contributed by atoms with Crippen molar-refractivity contribution in [3.05, 3.63) is 82.9 Å². The molecule has 2 aliphatic rings. The lowest BCUT2D eigenvalue weighted by atomic mass is 10.0. The minimum absolute atomic E-state index is 0.138. The molecule has 9 nitrogen and oxygen atoms in total. The van der Waals surface area contributed by atoms with E-state index in [9.17, 15) is 14.4 Å². The molecule has 1 saturated heterocycles. The smallest absolute Gasteiger partial charge is 0.261 e. The first-order valence-corrected chi connectivity index (χ1v) is 11.5. The number of aromatic nitrogens is 2. The zero-order chi connectivity index (χ0) is 24.5. The van der Waals surface area contributed by atoms with Gasteiger partial charge in [-0.2, -0.15) is 0 Å². The van der Waals surface area contributed by atoms with E-state index in [0.29, 0.717) is 23.7 Å². The van der Waals surface area contributed by atoms with Gasteiger partial charge in [-0.1, -0.05) is 12.1 Å². The van der Waals surface area contributed by atoms with Crippen molar-refractivity contribution < 1.29 is 23.9 Å². The molecule has 0 spiro atoms. The number of benzene rings is 2. The van der Waals surface area contributed by atoms with E-state index in [1.807, 2.05) is 35.9 Å². The van der Waals surface area contributed by atoms with Gasteiger partial charge in [0.1, 0.15) is 17.6 Å². The van der Waals surface area contributed by atoms with Crippen molar-refractivity contribution in [3.8, 4) is 5.75 Å². The van der Waals surface area contributed by atoms with Gasteiger partial charge in [0.05, 0.1) is 30.9 Å². The van der Waals surface area contributed by atoms with Crippen LogP contribution >= 0.6 is 0 Å². The van der Waals surface area contributed by atoms with Gasteiger partial charge in [0.15, 0.2) is 0 Å². The molecule has 3 heterocycles. The van der Waals surface area contributed by atoms with Crippen LogP contribution in [0.3, 0.4) is 0 Å². The molecule has 0 saturated carbocycles. The van der Waals surface area contributed by atoms with Gasteiger partial charge in [0.2, 0.25) is 0 Å². The first kappa shape index (κ1) is 22.8. The maximum Gasteiger partial charge on any atom is 0.261 e. The summed E-state index contributed by atoms with van der Waals surface area (Å²) in [5, 5.41) is 3.02. The number of amides is 3. The highest BCUT2D eigenvalue weighted by atomic mass is 16.5. The topological polar surface area (TPSA) is 103 Å². The van der Waals surface area contributed by atoms with E-state index in [1.165, 1.54) is 11.0 Å². The largest absolute Gasteiger partial charge is 0.497 e. The molecule has 2 aliphatic heterocycles. The summed E-state index contributed by atoms with van der Waals surface area (Å²) in [6.07, 6.45) is 5.07. The number of hydrogen-bond donors (Lipinski definition) is 1. The molecule has 0 bridgehead atoms. The molecule has 1 N–H and O–H groups in total. The summed E-state index contributed by atoms with van der Waals surface area (Å²) in [4.78, 5) is 44.8. The molecule has 3 amide bonds. The third-order valence-corrected chi connectivity index (χ3v) is 6.46. The second kappa shape index (κ2) is 9.34. The van der Waals surface area contributed by atoms with Crippen LogP contribution in [-0.2, 0) is 11.8 Å². The van der Waals surface area contributed by atoms with E-state index in [2.05, 4.69) is 10.3 Å². The third-order valence-electron chi connectivity index (χ3n) is 6.46. The quantitative estimate of drug-likeness (QED) is 0.529. The number of fused-ring (bicyclic) bond motifs is 1. The number of aryl methyl sites for hydroxylation is 1. The SMILES string of the molecule is COc1cccc(C(NC(=O)c2ccc3c(c2)C(=O)N(CC2CCCO2)C3=O)c2nccn2C)c1. The van der Waals surface area contributed by atoms with Crippen LogP contribution in [0, 0.1) is 0 Å². The van der Waals surface area contributed by atoms with Crippen molar-refractivity contribution in [1.29, 1.82) is 0 Å². The lowest BCUT2D eigenvalue weighted by Gasteiger charge is -2.20. The van der Waals surface area contributed by atoms with Crippen LogP contribution in [0.1, 0.15) is 61.3 Å². The second-order valence-electron chi connectivity index (χ2n) is 8.70. The van der Waals surface area contributed by atoms with Crippen molar-refractivity contribution in [2.45, 2.75) is 25.0 Å². The Morgan fingerprint density at radius 1 is 1.20 bits per heavy atom. The number of nitrogens with one attached hydrogen (secondary N) is 1. The Hall–Kier alpha value is -3.98. The molecule has 0 radical (unpaired) electrons. The minimum atomic E-state index is -0.556. The van der Waals surface area contributed by atoms with Gasteiger partial charge in [-0.15, -0.1) is 0 Å². The molecular weight excluding hydrogens is 448 g/mol. The summed E-state index contributed by atoms with van der Waals surface area (Å²) in [5.74, 6) is 0.158. The Kier molecular flexibility index (Phi) is 6.08. The number of imidazole rings is 1. The highest BCUT2D eigenvalue weighted by Crippen LogP contribution is 2.28. The number of imide groups is 1. The molecule has 9 heteroatoms. The highest BCUT2D eigenvalue weighted by Gasteiger charge is 2.38. The molecule has 2 atom stereocenters. The van der Waals surface area contributed by atoms with E-state index >= 15 is 0 Å². The Labute approximate surface area is 202 Å². The van der Waals surface area contributed by atoms with E-state index < -0.39 is 11.9 Å².